The van der Waals surface area contributed by atoms with Crippen LogP contribution in [0.4, 0.5) is 0 Å². The van der Waals surface area contributed by atoms with E-state index < -0.39 is 0 Å². The molecule has 0 amide bonds. The van der Waals surface area contributed by atoms with Crippen molar-refractivity contribution in [1.29, 1.82) is 0 Å². The van der Waals surface area contributed by atoms with E-state index in [2.05, 4.69) is 10.2 Å². The first kappa shape index (κ1) is 17.9. The van der Waals surface area contributed by atoms with E-state index in [4.69, 9.17) is 9.47 Å². The molecule has 0 aliphatic heterocycles. The SMILES string of the molecule is COCCCN(CCNC1CCCCCC1)CCOC. The number of ether oxygens (including phenoxy) is 2. The van der Waals surface area contributed by atoms with Crippen LogP contribution >= 0.6 is 0 Å². The zero-order valence-electron chi connectivity index (χ0n) is 13.5. The van der Waals surface area contributed by atoms with Gasteiger partial charge in [-0.05, 0) is 19.3 Å². The lowest BCUT2D eigenvalue weighted by Gasteiger charge is -2.24. The zero-order chi connectivity index (χ0) is 14.5. The number of rotatable bonds is 11. The van der Waals surface area contributed by atoms with Crippen molar-refractivity contribution in [2.75, 3.05) is 53.6 Å². The Hall–Kier alpha value is -0.160. The molecule has 1 saturated carbocycles. The second kappa shape index (κ2) is 12.6. The summed E-state index contributed by atoms with van der Waals surface area (Å²) >= 11 is 0. The van der Waals surface area contributed by atoms with Crippen LogP contribution in [-0.4, -0.2) is 64.6 Å². The highest BCUT2D eigenvalue weighted by molar-refractivity contribution is 4.71. The second-order valence-corrected chi connectivity index (χ2v) is 5.82. The standard InChI is InChI=1S/C16H34N2O2/c1-19-14-7-11-18(13-15-20-2)12-10-17-16-8-5-3-4-6-9-16/h16-17H,3-15H2,1-2H3. The summed E-state index contributed by atoms with van der Waals surface area (Å²) in [5.41, 5.74) is 0. The normalized spacial score (nSPS) is 17.6. The Kier molecular flexibility index (Phi) is 11.2. The summed E-state index contributed by atoms with van der Waals surface area (Å²) < 4.78 is 10.3. The lowest BCUT2D eigenvalue weighted by molar-refractivity contribution is 0.132. The first-order chi connectivity index (χ1) is 9.86. The molecule has 20 heavy (non-hydrogen) atoms. The van der Waals surface area contributed by atoms with E-state index in [9.17, 15) is 0 Å². The molecule has 4 heteroatoms. The van der Waals surface area contributed by atoms with Crippen LogP contribution in [0.1, 0.15) is 44.9 Å². The third kappa shape index (κ3) is 8.90. The molecule has 0 aromatic rings. The fourth-order valence-corrected chi connectivity index (χ4v) is 2.90. The molecule has 0 atom stereocenters. The Bertz CT molecular complexity index is 207. The molecule has 1 aliphatic rings. The van der Waals surface area contributed by atoms with Crippen molar-refractivity contribution < 1.29 is 9.47 Å². The van der Waals surface area contributed by atoms with Crippen LogP contribution in [0, 0.1) is 0 Å². The summed E-state index contributed by atoms with van der Waals surface area (Å²) in [5, 5.41) is 3.75. The molecule has 1 N–H and O–H groups in total. The smallest absolute Gasteiger partial charge is 0.0589 e. The monoisotopic (exact) mass is 286 g/mol. The molecule has 1 fully saturated rings. The van der Waals surface area contributed by atoms with E-state index in [-0.39, 0.29) is 0 Å². The van der Waals surface area contributed by atoms with Crippen LogP contribution in [-0.2, 0) is 9.47 Å². The molecule has 120 valence electrons. The zero-order valence-corrected chi connectivity index (χ0v) is 13.5. The second-order valence-electron chi connectivity index (χ2n) is 5.82. The van der Waals surface area contributed by atoms with Gasteiger partial charge < -0.3 is 14.8 Å². The molecule has 0 aromatic heterocycles. The molecule has 0 unspecified atom stereocenters. The van der Waals surface area contributed by atoms with E-state index in [0.717, 1.165) is 51.9 Å². The first-order valence-corrected chi connectivity index (χ1v) is 8.30. The maximum atomic E-state index is 5.20. The third-order valence-electron chi connectivity index (χ3n) is 4.15. The van der Waals surface area contributed by atoms with Crippen LogP contribution < -0.4 is 5.32 Å². The Morgan fingerprint density at radius 3 is 2.25 bits per heavy atom. The molecule has 0 spiro atoms. The van der Waals surface area contributed by atoms with E-state index in [1.54, 1.807) is 14.2 Å². The lowest BCUT2D eigenvalue weighted by Crippen LogP contribution is -2.39. The average Bonchev–Trinajstić information content (AvgIpc) is 2.73. The van der Waals surface area contributed by atoms with Gasteiger partial charge in [-0.1, -0.05) is 25.7 Å². The quantitative estimate of drug-likeness (QED) is 0.467. The third-order valence-corrected chi connectivity index (χ3v) is 4.15. The van der Waals surface area contributed by atoms with Crippen LogP contribution in [0.25, 0.3) is 0 Å². The Labute approximate surface area is 125 Å². The largest absolute Gasteiger partial charge is 0.385 e. The van der Waals surface area contributed by atoms with Gasteiger partial charge in [0.1, 0.15) is 0 Å². The first-order valence-electron chi connectivity index (χ1n) is 8.30. The van der Waals surface area contributed by atoms with Crippen molar-refractivity contribution in [2.24, 2.45) is 0 Å². The summed E-state index contributed by atoms with van der Waals surface area (Å²) in [6, 6.07) is 0.751. The molecular weight excluding hydrogens is 252 g/mol. The van der Waals surface area contributed by atoms with E-state index in [0.29, 0.717) is 0 Å². The number of nitrogens with one attached hydrogen (secondary N) is 1. The van der Waals surface area contributed by atoms with Gasteiger partial charge in [-0.25, -0.2) is 0 Å². The molecule has 4 nitrogen and oxygen atoms in total. The van der Waals surface area contributed by atoms with Crippen molar-refractivity contribution in [3.05, 3.63) is 0 Å². The van der Waals surface area contributed by atoms with Crippen LogP contribution in [0.3, 0.4) is 0 Å². The van der Waals surface area contributed by atoms with E-state index in [1.807, 2.05) is 0 Å². The van der Waals surface area contributed by atoms with E-state index in [1.165, 1.54) is 38.5 Å². The summed E-state index contributed by atoms with van der Waals surface area (Å²) in [7, 11) is 3.55. The van der Waals surface area contributed by atoms with Gasteiger partial charge in [-0.3, -0.25) is 4.90 Å². The summed E-state index contributed by atoms with van der Waals surface area (Å²) in [6.07, 6.45) is 9.48. The molecular formula is C16H34N2O2. The van der Waals surface area contributed by atoms with Crippen molar-refractivity contribution in [3.63, 3.8) is 0 Å². The maximum absolute atomic E-state index is 5.20. The Balaban J connectivity index is 2.14. The maximum Gasteiger partial charge on any atom is 0.0589 e. The highest BCUT2D eigenvalue weighted by Gasteiger charge is 2.12. The van der Waals surface area contributed by atoms with Gasteiger partial charge in [0, 0.05) is 53.0 Å². The summed E-state index contributed by atoms with van der Waals surface area (Å²) in [4.78, 5) is 2.48. The molecule has 0 bridgehead atoms. The number of hydrogen-bond acceptors (Lipinski definition) is 4. The lowest BCUT2D eigenvalue weighted by atomic mass is 10.1. The topological polar surface area (TPSA) is 33.7 Å². The number of nitrogens with zero attached hydrogens (tertiary/aromatic N) is 1. The minimum absolute atomic E-state index is 0.751. The fraction of sp³-hybridized carbons (Fsp3) is 1.00. The van der Waals surface area contributed by atoms with Crippen LogP contribution in [0.15, 0.2) is 0 Å². The van der Waals surface area contributed by atoms with Crippen molar-refractivity contribution >= 4 is 0 Å². The molecule has 1 aliphatic carbocycles. The fourth-order valence-electron chi connectivity index (χ4n) is 2.90. The predicted molar refractivity (Wildman–Crippen MR) is 84.3 cm³/mol. The Morgan fingerprint density at radius 2 is 1.60 bits per heavy atom. The van der Waals surface area contributed by atoms with Gasteiger partial charge in [0.05, 0.1) is 6.61 Å². The number of hydrogen-bond donors (Lipinski definition) is 1. The van der Waals surface area contributed by atoms with Crippen molar-refractivity contribution in [3.8, 4) is 0 Å². The molecule has 1 rings (SSSR count). The minimum Gasteiger partial charge on any atom is -0.385 e. The molecule has 0 saturated heterocycles. The predicted octanol–water partition coefficient (Wildman–Crippen LogP) is 2.28. The van der Waals surface area contributed by atoms with Gasteiger partial charge in [0.25, 0.3) is 0 Å². The van der Waals surface area contributed by atoms with Gasteiger partial charge in [-0.2, -0.15) is 0 Å². The van der Waals surface area contributed by atoms with Gasteiger partial charge in [-0.15, -0.1) is 0 Å². The molecule has 0 heterocycles. The van der Waals surface area contributed by atoms with Gasteiger partial charge in [0.2, 0.25) is 0 Å². The van der Waals surface area contributed by atoms with Crippen LogP contribution in [0.2, 0.25) is 0 Å². The highest BCUT2D eigenvalue weighted by Crippen LogP contribution is 2.16. The summed E-state index contributed by atoms with van der Waals surface area (Å²) in [6.45, 7) is 6.00. The Morgan fingerprint density at radius 1 is 0.900 bits per heavy atom. The average molecular weight is 286 g/mol. The minimum atomic E-state index is 0.751. The summed E-state index contributed by atoms with van der Waals surface area (Å²) in [5.74, 6) is 0. The van der Waals surface area contributed by atoms with E-state index >= 15 is 0 Å². The van der Waals surface area contributed by atoms with Gasteiger partial charge in [0.15, 0.2) is 0 Å². The molecule has 0 aromatic carbocycles. The van der Waals surface area contributed by atoms with Crippen molar-refractivity contribution in [1.82, 2.24) is 10.2 Å². The number of methoxy groups -OCH3 is 2. The van der Waals surface area contributed by atoms with Gasteiger partial charge >= 0.3 is 0 Å². The van der Waals surface area contributed by atoms with Crippen molar-refractivity contribution in [2.45, 2.75) is 51.0 Å². The van der Waals surface area contributed by atoms with Crippen LogP contribution in [0.5, 0.6) is 0 Å². The highest BCUT2D eigenvalue weighted by atomic mass is 16.5. The molecule has 0 radical (unpaired) electrons.